The van der Waals surface area contributed by atoms with Crippen molar-refractivity contribution in [1.29, 1.82) is 0 Å². The van der Waals surface area contributed by atoms with E-state index in [4.69, 9.17) is 11.6 Å². The van der Waals surface area contributed by atoms with Gasteiger partial charge >= 0.3 is 0 Å². The predicted molar refractivity (Wildman–Crippen MR) is 93.7 cm³/mol. The first-order valence-electron chi connectivity index (χ1n) is 6.45. The molecule has 2 aromatic rings. The quantitative estimate of drug-likeness (QED) is 0.625. The maximum Gasteiger partial charge on any atom is 0.260 e. The van der Waals surface area contributed by atoms with Gasteiger partial charge in [-0.05, 0) is 29.6 Å². The molecule has 0 saturated heterocycles. The Hall–Kier alpha value is -1.90. The monoisotopic (exact) mass is 371 g/mol. The van der Waals surface area contributed by atoms with Gasteiger partial charge in [0.25, 0.3) is 5.91 Å². The second-order valence-electron chi connectivity index (χ2n) is 4.56. The van der Waals surface area contributed by atoms with Gasteiger partial charge in [-0.15, -0.1) is 11.3 Å². The number of carbonyl (C=O) groups is 1. The third kappa shape index (κ3) is 5.34. The summed E-state index contributed by atoms with van der Waals surface area (Å²) in [6.07, 6.45) is 2.52. The second-order valence-corrected chi connectivity index (χ2v) is 7.88. The fourth-order valence-corrected chi connectivity index (χ4v) is 3.35. The fraction of sp³-hybridized carbons (Fsp3) is 0.143. The zero-order valence-electron chi connectivity index (χ0n) is 12.1. The number of nitrogens with zero attached hydrogens (tertiary/aromatic N) is 2. The lowest BCUT2D eigenvalue weighted by Gasteiger charge is -2.21. The molecule has 0 spiro atoms. The fourth-order valence-electron chi connectivity index (χ4n) is 1.73. The summed E-state index contributed by atoms with van der Waals surface area (Å²) in [6.45, 7) is -0.388. The van der Waals surface area contributed by atoms with Gasteiger partial charge in [0.1, 0.15) is 6.54 Å². The highest BCUT2D eigenvalue weighted by Crippen LogP contribution is 2.21. The van der Waals surface area contributed by atoms with E-state index in [2.05, 4.69) is 10.5 Å². The van der Waals surface area contributed by atoms with E-state index in [0.29, 0.717) is 10.7 Å². The van der Waals surface area contributed by atoms with Crippen molar-refractivity contribution in [2.24, 2.45) is 5.10 Å². The number of hydrogen-bond donors (Lipinski definition) is 1. The average molecular weight is 372 g/mol. The van der Waals surface area contributed by atoms with Crippen LogP contribution in [0.15, 0.2) is 46.9 Å². The second kappa shape index (κ2) is 7.58. The zero-order valence-corrected chi connectivity index (χ0v) is 14.5. The molecule has 0 fully saturated rings. The molecule has 0 saturated carbocycles. The van der Waals surface area contributed by atoms with E-state index in [-0.39, 0.29) is 6.54 Å². The largest absolute Gasteiger partial charge is 0.271 e. The molecule has 0 aliphatic heterocycles. The van der Waals surface area contributed by atoms with Crippen LogP contribution in [-0.2, 0) is 14.8 Å². The van der Waals surface area contributed by atoms with Gasteiger partial charge < -0.3 is 0 Å². The van der Waals surface area contributed by atoms with E-state index < -0.39 is 15.9 Å². The molecular formula is C14H14ClN3O3S2. The van der Waals surface area contributed by atoms with Crippen LogP contribution in [-0.4, -0.2) is 33.3 Å². The lowest BCUT2D eigenvalue weighted by atomic mass is 10.3. The number of anilines is 1. The standard InChI is InChI=1S/C14H14ClN3O3S2/c1-23(20,21)18(12-5-2-4-11(15)8-12)10-14(19)17-16-9-13-6-3-7-22-13/h2-9H,10H2,1H3,(H,17,19)/b16-9-. The number of hydrazone groups is 1. The van der Waals surface area contributed by atoms with Gasteiger partial charge in [-0.1, -0.05) is 23.7 Å². The molecule has 0 unspecified atom stereocenters. The van der Waals surface area contributed by atoms with Crippen LogP contribution in [0.3, 0.4) is 0 Å². The van der Waals surface area contributed by atoms with Crippen molar-refractivity contribution < 1.29 is 13.2 Å². The van der Waals surface area contributed by atoms with Gasteiger partial charge in [-0.3, -0.25) is 9.10 Å². The van der Waals surface area contributed by atoms with E-state index in [1.165, 1.54) is 23.6 Å². The molecule has 9 heteroatoms. The average Bonchev–Trinajstić information content (AvgIpc) is 2.97. The SMILES string of the molecule is CS(=O)(=O)N(CC(=O)N/N=C\c1cccs1)c1cccc(Cl)c1. The first-order chi connectivity index (χ1) is 10.9. The predicted octanol–water partition coefficient (Wildman–Crippen LogP) is 2.32. The Labute approximate surface area is 143 Å². The van der Waals surface area contributed by atoms with Gasteiger partial charge in [-0.2, -0.15) is 5.10 Å². The van der Waals surface area contributed by atoms with Gasteiger partial charge in [0.05, 0.1) is 18.2 Å². The molecule has 2 rings (SSSR count). The first kappa shape index (κ1) is 17.5. The smallest absolute Gasteiger partial charge is 0.260 e. The highest BCUT2D eigenvalue weighted by Gasteiger charge is 2.20. The Bertz CT molecular complexity index is 804. The summed E-state index contributed by atoms with van der Waals surface area (Å²) in [7, 11) is -3.63. The Balaban J connectivity index is 2.08. The van der Waals surface area contributed by atoms with Gasteiger partial charge in [-0.25, -0.2) is 13.8 Å². The van der Waals surface area contributed by atoms with Crippen LogP contribution in [0, 0.1) is 0 Å². The number of carbonyl (C=O) groups excluding carboxylic acids is 1. The molecule has 1 heterocycles. The van der Waals surface area contributed by atoms with Crippen molar-refractivity contribution in [2.45, 2.75) is 0 Å². The molecule has 23 heavy (non-hydrogen) atoms. The number of hydrogen-bond acceptors (Lipinski definition) is 5. The topological polar surface area (TPSA) is 78.8 Å². The number of amides is 1. The van der Waals surface area contributed by atoms with E-state index in [9.17, 15) is 13.2 Å². The van der Waals surface area contributed by atoms with Gasteiger partial charge in [0, 0.05) is 9.90 Å². The van der Waals surface area contributed by atoms with Crippen LogP contribution >= 0.6 is 22.9 Å². The van der Waals surface area contributed by atoms with E-state index >= 15 is 0 Å². The summed E-state index contributed by atoms with van der Waals surface area (Å²) in [5, 5.41) is 6.06. The molecule has 0 bridgehead atoms. The van der Waals surface area contributed by atoms with Crippen LogP contribution in [0.2, 0.25) is 5.02 Å². The van der Waals surface area contributed by atoms with Crippen molar-refractivity contribution in [2.75, 3.05) is 17.1 Å². The summed E-state index contributed by atoms with van der Waals surface area (Å²) in [6, 6.07) is 9.98. The van der Waals surface area contributed by atoms with E-state index in [1.54, 1.807) is 18.2 Å². The normalized spacial score (nSPS) is 11.6. The number of benzene rings is 1. The molecule has 122 valence electrons. The number of nitrogens with one attached hydrogen (secondary N) is 1. The first-order valence-corrected chi connectivity index (χ1v) is 9.55. The Morgan fingerprint density at radius 3 is 2.78 bits per heavy atom. The van der Waals surface area contributed by atoms with Crippen LogP contribution in [0.5, 0.6) is 0 Å². The van der Waals surface area contributed by atoms with E-state index in [1.807, 2.05) is 17.5 Å². The van der Waals surface area contributed by atoms with Crippen molar-refractivity contribution in [3.8, 4) is 0 Å². The van der Waals surface area contributed by atoms with Crippen LogP contribution in [0.1, 0.15) is 4.88 Å². The Morgan fingerprint density at radius 2 is 2.17 bits per heavy atom. The third-order valence-electron chi connectivity index (χ3n) is 2.71. The summed E-state index contributed by atoms with van der Waals surface area (Å²) in [5.74, 6) is -0.553. The van der Waals surface area contributed by atoms with Gasteiger partial charge in [0.2, 0.25) is 10.0 Å². The van der Waals surface area contributed by atoms with Crippen LogP contribution in [0.4, 0.5) is 5.69 Å². The number of thiophene rings is 1. The summed E-state index contributed by atoms with van der Waals surface area (Å²) >= 11 is 7.34. The minimum Gasteiger partial charge on any atom is -0.271 e. The Morgan fingerprint density at radius 1 is 1.39 bits per heavy atom. The molecule has 1 N–H and O–H groups in total. The Kier molecular flexibility index (Phi) is 5.75. The summed E-state index contributed by atoms with van der Waals surface area (Å²) < 4.78 is 24.8. The maximum absolute atomic E-state index is 11.9. The number of halogens is 1. The minimum atomic E-state index is -3.63. The lowest BCUT2D eigenvalue weighted by molar-refractivity contribution is -0.119. The maximum atomic E-state index is 11.9. The number of sulfonamides is 1. The molecule has 0 radical (unpaired) electrons. The molecule has 0 atom stereocenters. The molecular weight excluding hydrogens is 358 g/mol. The van der Waals surface area contributed by atoms with Crippen LogP contribution < -0.4 is 9.73 Å². The lowest BCUT2D eigenvalue weighted by Crippen LogP contribution is -2.39. The summed E-state index contributed by atoms with van der Waals surface area (Å²) in [4.78, 5) is 12.8. The van der Waals surface area contributed by atoms with Crippen molar-refractivity contribution in [3.05, 3.63) is 51.7 Å². The molecule has 1 aromatic heterocycles. The summed E-state index contributed by atoms with van der Waals surface area (Å²) in [5.41, 5.74) is 2.62. The van der Waals surface area contributed by atoms with Crippen molar-refractivity contribution >= 4 is 50.8 Å². The van der Waals surface area contributed by atoms with Crippen LogP contribution in [0.25, 0.3) is 0 Å². The molecule has 0 aliphatic carbocycles. The zero-order chi connectivity index (χ0) is 16.9. The third-order valence-corrected chi connectivity index (χ3v) is 4.89. The minimum absolute atomic E-state index is 0.317. The number of rotatable bonds is 6. The molecule has 1 amide bonds. The van der Waals surface area contributed by atoms with E-state index in [0.717, 1.165) is 15.4 Å². The van der Waals surface area contributed by atoms with Crippen molar-refractivity contribution in [1.82, 2.24) is 5.43 Å². The van der Waals surface area contributed by atoms with Gasteiger partial charge in [0.15, 0.2) is 0 Å². The highest BCUT2D eigenvalue weighted by atomic mass is 35.5. The molecule has 6 nitrogen and oxygen atoms in total. The molecule has 1 aromatic carbocycles. The van der Waals surface area contributed by atoms with Crippen molar-refractivity contribution in [3.63, 3.8) is 0 Å². The molecule has 0 aliphatic rings. The highest BCUT2D eigenvalue weighted by molar-refractivity contribution is 7.92.